The lowest BCUT2D eigenvalue weighted by Crippen LogP contribution is -2.47. The molecule has 9 aromatic rings. The third-order valence-electron chi connectivity index (χ3n) is 19.7. The number of carbonyl (C=O) groups excluding carboxylic acids is 1. The second kappa shape index (κ2) is 40.2. The van der Waals surface area contributed by atoms with E-state index in [1.165, 1.54) is 0 Å². The Hall–Kier alpha value is -8.35. The molecular formula is C88H94O22. The van der Waals surface area contributed by atoms with Crippen molar-refractivity contribution in [2.45, 2.75) is 176 Å². The van der Waals surface area contributed by atoms with Gasteiger partial charge in [-0.25, -0.2) is 4.79 Å². The first-order valence-corrected chi connectivity index (χ1v) is 37.4. The molecule has 0 spiro atoms. The quantitative estimate of drug-likeness (QED) is 0.0303. The summed E-state index contributed by atoms with van der Waals surface area (Å²) in [6, 6.07) is 85.5. The largest absolute Gasteiger partial charge is 0.450 e. The van der Waals surface area contributed by atoms with E-state index in [9.17, 15) is 20.1 Å². The van der Waals surface area contributed by atoms with Crippen molar-refractivity contribution in [1.29, 1.82) is 0 Å². The Morgan fingerprint density at radius 3 is 0.927 bits per heavy atom. The van der Waals surface area contributed by atoms with Crippen LogP contribution in [0.5, 0.6) is 0 Å². The molecule has 9 aromatic carbocycles. The van der Waals surface area contributed by atoms with Gasteiger partial charge in [0.25, 0.3) is 0 Å². The van der Waals surface area contributed by atoms with Crippen LogP contribution in [0.4, 0.5) is 0 Å². The van der Waals surface area contributed by atoms with Gasteiger partial charge in [-0.15, -0.1) is 0 Å². The van der Waals surface area contributed by atoms with E-state index in [0.29, 0.717) is 0 Å². The summed E-state index contributed by atoms with van der Waals surface area (Å²) >= 11 is 0. The number of aliphatic hydroxyl groups excluding tert-OH is 3. The monoisotopic (exact) mass is 1500 g/mol. The zero-order valence-corrected chi connectivity index (χ0v) is 60.8. The highest BCUT2D eigenvalue weighted by molar-refractivity contribution is 5.89. The molecule has 5 aliphatic rings. The highest BCUT2D eigenvalue weighted by Gasteiger charge is 2.57. The van der Waals surface area contributed by atoms with Gasteiger partial charge in [0.05, 0.1) is 91.5 Å². The van der Waals surface area contributed by atoms with Gasteiger partial charge in [-0.05, 0) is 56.6 Å². The summed E-state index contributed by atoms with van der Waals surface area (Å²) in [5.74, 6) is -0.763. The number of hydrogen-bond acceptors (Lipinski definition) is 22. The molecule has 22 heteroatoms. The van der Waals surface area contributed by atoms with Gasteiger partial charge in [-0.1, -0.05) is 261 Å². The molecule has 578 valence electrons. The molecule has 3 N–H and O–H groups in total. The van der Waals surface area contributed by atoms with Gasteiger partial charge in [-0.3, -0.25) is 0 Å². The highest BCUT2D eigenvalue weighted by Crippen LogP contribution is 2.39. The molecule has 0 radical (unpaired) electrons. The first-order chi connectivity index (χ1) is 54.2. The molecule has 0 amide bonds. The Bertz CT molecular complexity index is 4100. The van der Waals surface area contributed by atoms with Crippen molar-refractivity contribution in [1.82, 2.24) is 0 Å². The van der Waals surface area contributed by atoms with Gasteiger partial charge in [0.15, 0.2) is 37.6 Å². The van der Waals surface area contributed by atoms with Crippen LogP contribution < -0.4 is 0 Å². The van der Waals surface area contributed by atoms with Crippen molar-refractivity contribution in [3.05, 3.63) is 323 Å². The van der Waals surface area contributed by atoms with E-state index in [4.69, 9.17) is 85.3 Å². The molecule has 0 saturated carbocycles. The van der Waals surface area contributed by atoms with Crippen LogP contribution in [0.3, 0.4) is 0 Å². The second-order valence-corrected chi connectivity index (χ2v) is 27.6. The zero-order valence-electron chi connectivity index (χ0n) is 60.8. The minimum absolute atomic E-state index is 0.0185. The van der Waals surface area contributed by atoms with Crippen LogP contribution in [-0.4, -0.2) is 177 Å². The van der Waals surface area contributed by atoms with Crippen LogP contribution in [0.1, 0.15) is 54.9 Å². The predicted octanol–water partition coefficient (Wildman–Crippen LogP) is 10.9. The van der Waals surface area contributed by atoms with E-state index >= 15 is 0 Å². The topological polar surface area (TPSA) is 244 Å². The maximum atomic E-state index is 14.8. The smallest absolute Gasteiger partial charge is 0.338 e. The Kier molecular flexibility index (Phi) is 28.6. The first-order valence-electron chi connectivity index (χ1n) is 37.4. The van der Waals surface area contributed by atoms with Crippen LogP contribution in [0.15, 0.2) is 273 Å². The standard InChI is InChI=1S/C88H94O22/c89-73-75(95-48-61-32-14-3-15-33-61)68(54-93-46-59-28-10-1-11-29-59)105-85(73)101-58-72-79(110-86-74(90)76(96-49-62-34-16-4-17-35-62)69(106-86)55-94-47-60-30-12-2-13-31-60)82(109-83(91)67-44-26-9-27-45-67)88(108-72)103-57-71-78(98-51-64-38-20-6-21-39-64)81(100-53-66-42-24-8-25-43-66)87(107-71)102-56-70-77(97-50-63-36-18-5-19-37-63)80(84(92)104-70)99-52-65-40-22-7-23-41-65/h1-45,68-82,84-90,92H,46-58H2/t68-,69-,70-,71-,72-,73+,74+,75-,76-,77-,78-,79-,80+,81+,82+,84+,85+,86-,87+,88+/m1/s1. The molecule has 0 bridgehead atoms. The summed E-state index contributed by atoms with van der Waals surface area (Å²) in [5.41, 5.74) is 7.28. The van der Waals surface area contributed by atoms with Gasteiger partial charge in [0, 0.05) is 0 Å². The molecule has 0 aliphatic carbocycles. The minimum Gasteiger partial charge on any atom is -0.450 e. The summed E-state index contributed by atoms with van der Waals surface area (Å²) in [5, 5.41) is 36.6. The van der Waals surface area contributed by atoms with E-state index in [1.807, 2.05) is 243 Å². The first kappa shape index (κ1) is 78.3. The molecule has 5 saturated heterocycles. The van der Waals surface area contributed by atoms with Gasteiger partial charge < -0.3 is 101 Å². The Balaban J connectivity index is 0.768. The molecule has 14 rings (SSSR count). The lowest BCUT2D eigenvalue weighted by molar-refractivity contribution is -0.230. The zero-order chi connectivity index (χ0) is 75.1. The number of esters is 1. The van der Waals surface area contributed by atoms with E-state index in [1.54, 1.807) is 30.3 Å². The molecule has 0 unspecified atom stereocenters. The number of carbonyl (C=O) groups is 1. The number of aliphatic hydroxyl groups is 3. The van der Waals surface area contributed by atoms with E-state index in [2.05, 4.69) is 0 Å². The van der Waals surface area contributed by atoms with Gasteiger partial charge in [0.2, 0.25) is 0 Å². The summed E-state index contributed by atoms with van der Waals surface area (Å²) in [6.07, 6.45) is -23.0. The lowest BCUT2D eigenvalue weighted by Gasteiger charge is -2.29. The third kappa shape index (κ3) is 21.4. The molecule has 5 fully saturated rings. The van der Waals surface area contributed by atoms with Crippen molar-refractivity contribution in [2.24, 2.45) is 0 Å². The highest BCUT2D eigenvalue weighted by atomic mass is 16.8. The Morgan fingerprint density at radius 1 is 0.255 bits per heavy atom. The lowest BCUT2D eigenvalue weighted by atomic mass is 10.1. The summed E-state index contributed by atoms with van der Waals surface area (Å²) in [7, 11) is 0. The molecule has 22 nitrogen and oxygen atoms in total. The number of ether oxygens (including phenoxy) is 18. The van der Waals surface area contributed by atoms with Crippen molar-refractivity contribution >= 4 is 5.97 Å². The molecule has 5 aliphatic heterocycles. The van der Waals surface area contributed by atoms with Crippen LogP contribution in [0.2, 0.25) is 0 Å². The normalized spacial score (nSPS) is 28.5. The number of rotatable bonds is 39. The van der Waals surface area contributed by atoms with E-state index < -0.39 is 136 Å². The molecule has 20 atom stereocenters. The molecule has 5 heterocycles. The minimum atomic E-state index is -1.50. The number of benzene rings is 9. The van der Waals surface area contributed by atoms with Gasteiger partial charge >= 0.3 is 5.97 Å². The van der Waals surface area contributed by atoms with Crippen LogP contribution in [-0.2, 0) is 138 Å². The van der Waals surface area contributed by atoms with Crippen LogP contribution >= 0.6 is 0 Å². The van der Waals surface area contributed by atoms with Crippen molar-refractivity contribution in [3.8, 4) is 0 Å². The molecule has 110 heavy (non-hydrogen) atoms. The molecular weight excluding hydrogens is 1410 g/mol. The van der Waals surface area contributed by atoms with Crippen LogP contribution in [0.25, 0.3) is 0 Å². The Morgan fingerprint density at radius 2 is 0.527 bits per heavy atom. The van der Waals surface area contributed by atoms with Crippen LogP contribution in [0, 0.1) is 0 Å². The third-order valence-corrected chi connectivity index (χ3v) is 19.7. The van der Waals surface area contributed by atoms with Gasteiger partial charge in [-0.2, -0.15) is 0 Å². The second-order valence-electron chi connectivity index (χ2n) is 27.6. The van der Waals surface area contributed by atoms with Crippen molar-refractivity contribution in [3.63, 3.8) is 0 Å². The van der Waals surface area contributed by atoms with Gasteiger partial charge in [0.1, 0.15) is 85.5 Å². The average Bonchev–Trinajstić information content (AvgIpc) is 1.63. The summed E-state index contributed by atoms with van der Waals surface area (Å²) in [6.45, 7) is 0.449. The van der Waals surface area contributed by atoms with E-state index in [0.717, 1.165) is 44.5 Å². The predicted molar refractivity (Wildman–Crippen MR) is 398 cm³/mol. The van der Waals surface area contributed by atoms with E-state index in [-0.39, 0.29) is 84.8 Å². The fraction of sp³-hybridized carbons (Fsp3) is 0.375. The van der Waals surface area contributed by atoms with Crippen molar-refractivity contribution in [2.75, 3.05) is 33.0 Å². The maximum Gasteiger partial charge on any atom is 0.338 e. The fourth-order valence-electron chi connectivity index (χ4n) is 14.0. The Labute approximate surface area is 640 Å². The fourth-order valence-corrected chi connectivity index (χ4v) is 14.0. The summed E-state index contributed by atoms with van der Waals surface area (Å²) in [4.78, 5) is 14.8. The maximum absolute atomic E-state index is 14.8. The average molecular weight is 1500 g/mol. The van der Waals surface area contributed by atoms with Crippen molar-refractivity contribution < 1.29 is 105 Å². The number of hydrogen-bond donors (Lipinski definition) is 3. The molecule has 0 aromatic heterocycles. The SMILES string of the molecule is O=C(O[C@@H]1[C@@H](OC[C@H]2O[C@H](OC[C@H]3O[C@H](O)[C@@H](OCc4ccccc4)[C@@H]3OCc3ccccc3)[C@@H](OCc3ccccc3)[C@@H]2OCc2ccccc2)O[C@H](CO[C@H]2O[C@H](COCc3ccccc3)[C@@H](OCc3ccccc3)[C@@H]2O)[C@H]1O[C@H]1O[C@H](COCc2ccccc2)[C@@H](OCc2ccccc2)[C@@H]1O)c1ccccc1. The summed E-state index contributed by atoms with van der Waals surface area (Å²) < 4.78 is 120.